The summed E-state index contributed by atoms with van der Waals surface area (Å²) in [5, 5.41) is 2.87. The van der Waals surface area contributed by atoms with Crippen molar-refractivity contribution in [2.24, 2.45) is 0 Å². The van der Waals surface area contributed by atoms with Crippen molar-refractivity contribution in [2.45, 2.75) is 27.2 Å². The van der Waals surface area contributed by atoms with Gasteiger partial charge in [0.15, 0.2) is 0 Å². The predicted octanol–water partition coefficient (Wildman–Crippen LogP) is 3.11. The lowest BCUT2D eigenvalue weighted by Gasteiger charge is -2.10. The van der Waals surface area contributed by atoms with E-state index in [4.69, 9.17) is 9.47 Å². The fraction of sp³-hybridized carbons (Fsp3) is 0.400. The van der Waals surface area contributed by atoms with Crippen LogP contribution in [0.5, 0.6) is 17.8 Å². The van der Waals surface area contributed by atoms with Gasteiger partial charge < -0.3 is 14.8 Å². The molecule has 0 aliphatic heterocycles. The van der Waals surface area contributed by atoms with Gasteiger partial charge in [0.2, 0.25) is 5.95 Å². The maximum atomic E-state index is 5.75. The van der Waals surface area contributed by atoms with Crippen molar-refractivity contribution in [3.8, 4) is 17.8 Å². The van der Waals surface area contributed by atoms with Gasteiger partial charge in [0.1, 0.15) is 5.75 Å². The minimum atomic E-state index is 0.215. The standard InChI is InChI=1S/C15H20N4O2/c1-5-8-20-14-17-13(16-4)18-15(19-14)21-12-7-6-10(2)9-11(12)3/h6-7,9H,5,8H2,1-4H3,(H,16,17,18,19). The quantitative estimate of drug-likeness (QED) is 0.880. The summed E-state index contributed by atoms with van der Waals surface area (Å²) in [4.78, 5) is 12.5. The maximum absolute atomic E-state index is 5.75. The summed E-state index contributed by atoms with van der Waals surface area (Å²) >= 11 is 0. The topological polar surface area (TPSA) is 69.2 Å². The molecule has 0 atom stereocenters. The van der Waals surface area contributed by atoms with Crippen molar-refractivity contribution in [2.75, 3.05) is 19.0 Å². The van der Waals surface area contributed by atoms with Crippen LogP contribution in [0.3, 0.4) is 0 Å². The van der Waals surface area contributed by atoms with Crippen molar-refractivity contribution in [1.82, 2.24) is 15.0 Å². The second kappa shape index (κ2) is 6.88. The van der Waals surface area contributed by atoms with Gasteiger partial charge in [-0.05, 0) is 31.9 Å². The van der Waals surface area contributed by atoms with Crippen LogP contribution in [0.2, 0.25) is 0 Å². The molecule has 2 rings (SSSR count). The molecule has 0 bridgehead atoms. The molecule has 0 fully saturated rings. The van der Waals surface area contributed by atoms with E-state index in [9.17, 15) is 0 Å². The minimum absolute atomic E-state index is 0.215. The van der Waals surface area contributed by atoms with Gasteiger partial charge in [-0.15, -0.1) is 4.98 Å². The van der Waals surface area contributed by atoms with Crippen molar-refractivity contribution in [1.29, 1.82) is 0 Å². The SMILES string of the molecule is CCCOc1nc(NC)nc(Oc2ccc(C)cc2C)n1. The summed E-state index contributed by atoms with van der Waals surface area (Å²) in [5.41, 5.74) is 2.20. The number of hydrogen-bond acceptors (Lipinski definition) is 6. The predicted molar refractivity (Wildman–Crippen MR) is 81.1 cm³/mol. The van der Waals surface area contributed by atoms with E-state index in [-0.39, 0.29) is 12.0 Å². The normalized spacial score (nSPS) is 10.3. The first-order chi connectivity index (χ1) is 10.1. The van der Waals surface area contributed by atoms with E-state index in [0.717, 1.165) is 17.7 Å². The van der Waals surface area contributed by atoms with Gasteiger partial charge in [-0.2, -0.15) is 9.97 Å². The first-order valence-corrected chi connectivity index (χ1v) is 6.94. The molecular formula is C15H20N4O2. The van der Waals surface area contributed by atoms with Crippen LogP contribution < -0.4 is 14.8 Å². The smallest absolute Gasteiger partial charge is 0.330 e. The number of aryl methyl sites for hydroxylation is 2. The third-order valence-electron chi connectivity index (χ3n) is 2.78. The van der Waals surface area contributed by atoms with Crippen LogP contribution in [0.15, 0.2) is 18.2 Å². The van der Waals surface area contributed by atoms with E-state index in [1.807, 2.05) is 39.0 Å². The summed E-state index contributed by atoms with van der Waals surface area (Å²) in [6.45, 7) is 6.59. The van der Waals surface area contributed by atoms with Crippen LogP contribution in [0, 0.1) is 13.8 Å². The number of nitrogens with one attached hydrogen (secondary N) is 1. The molecule has 1 aromatic heterocycles. The number of anilines is 1. The average molecular weight is 288 g/mol. The van der Waals surface area contributed by atoms with Gasteiger partial charge in [-0.1, -0.05) is 24.6 Å². The lowest BCUT2D eigenvalue weighted by Crippen LogP contribution is -2.06. The molecule has 0 aliphatic carbocycles. The number of benzene rings is 1. The molecule has 2 aromatic rings. The Morgan fingerprint density at radius 2 is 1.86 bits per heavy atom. The number of ether oxygens (including phenoxy) is 2. The van der Waals surface area contributed by atoms with Crippen LogP contribution in [0.4, 0.5) is 5.95 Å². The van der Waals surface area contributed by atoms with Crippen molar-refractivity contribution < 1.29 is 9.47 Å². The number of hydrogen-bond donors (Lipinski definition) is 1. The Bertz CT molecular complexity index is 617. The van der Waals surface area contributed by atoms with Crippen LogP contribution in [-0.2, 0) is 0 Å². The first kappa shape index (κ1) is 15.0. The summed E-state index contributed by atoms with van der Waals surface area (Å²) < 4.78 is 11.2. The van der Waals surface area contributed by atoms with Crippen molar-refractivity contribution in [3.63, 3.8) is 0 Å². The zero-order chi connectivity index (χ0) is 15.2. The molecule has 21 heavy (non-hydrogen) atoms. The highest BCUT2D eigenvalue weighted by Crippen LogP contribution is 2.24. The molecule has 0 radical (unpaired) electrons. The number of rotatable bonds is 6. The fourth-order valence-corrected chi connectivity index (χ4v) is 1.77. The second-order valence-electron chi connectivity index (χ2n) is 4.69. The van der Waals surface area contributed by atoms with E-state index in [1.165, 1.54) is 5.56 Å². The molecule has 6 heteroatoms. The molecule has 6 nitrogen and oxygen atoms in total. The van der Waals surface area contributed by atoms with E-state index < -0.39 is 0 Å². The first-order valence-electron chi connectivity index (χ1n) is 6.94. The highest BCUT2D eigenvalue weighted by molar-refractivity contribution is 5.38. The van der Waals surface area contributed by atoms with Gasteiger partial charge in [0, 0.05) is 7.05 Å². The molecule has 0 saturated carbocycles. The zero-order valence-corrected chi connectivity index (χ0v) is 12.8. The lowest BCUT2D eigenvalue weighted by atomic mass is 10.1. The zero-order valence-electron chi connectivity index (χ0n) is 12.8. The van der Waals surface area contributed by atoms with Crippen LogP contribution in [0.25, 0.3) is 0 Å². The van der Waals surface area contributed by atoms with Gasteiger partial charge >= 0.3 is 12.0 Å². The summed E-state index contributed by atoms with van der Waals surface area (Å²) in [5.74, 6) is 1.13. The molecule has 1 aromatic carbocycles. The Kier molecular flexibility index (Phi) is 4.92. The minimum Gasteiger partial charge on any atom is -0.463 e. The monoisotopic (exact) mass is 288 g/mol. The molecule has 0 unspecified atom stereocenters. The lowest BCUT2D eigenvalue weighted by molar-refractivity contribution is 0.285. The molecule has 0 saturated heterocycles. The van der Waals surface area contributed by atoms with E-state index in [1.54, 1.807) is 7.05 Å². The van der Waals surface area contributed by atoms with E-state index in [2.05, 4.69) is 20.3 Å². The number of aromatic nitrogens is 3. The molecule has 0 amide bonds. The summed E-state index contributed by atoms with van der Waals surface area (Å²) in [6, 6.07) is 6.41. The van der Waals surface area contributed by atoms with Crippen molar-refractivity contribution >= 4 is 5.95 Å². The Labute approximate surface area is 124 Å². The molecule has 112 valence electrons. The Balaban J connectivity index is 2.25. The van der Waals surface area contributed by atoms with Gasteiger partial charge in [-0.3, -0.25) is 0 Å². The van der Waals surface area contributed by atoms with Crippen LogP contribution >= 0.6 is 0 Å². The Hall–Kier alpha value is -2.37. The summed E-state index contributed by atoms with van der Waals surface area (Å²) in [7, 11) is 1.74. The average Bonchev–Trinajstić information content (AvgIpc) is 2.48. The number of nitrogens with zero attached hydrogens (tertiary/aromatic N) is 3. The Morgan fingerprint density at radius 1 is 1.10 bits per heavy atom. The molecule has 1 heterocycles. The third-order valence-corrected chi connectivity index (χ3v) is 2.78. The van der Waals surface area contributed by atoms with Gasteiger partial charge in [0.05, 0.1) is 6.61 Å². The van der Waals surface area contributed by atoms with E-state index >= 15 is 0 Å². The third kappa shape index (κ3) is 4.05. The molecular weight excluding hydrogens is 268 g/mol. The highest BCUT2D eigenvalue weighted by Gasteiger charge is 2.10. The Morgan fingerprint density at radius 3 is 2.52 bits per heavy atom. The molecule has 0 aliphatic rings. The maximum Gasteiger partial charge on any atom is 0.330 e. The largest absolute Gasteiger partial charge is 0.463 e. The fourth-order valence-electron chi connectivity index (χ4n) is 1.77. The van der Waals surface area contributed by atoms with Crippen LogP contribution in [-0.4, -0.2) is 28.6 Å². The summed E-state index contributed by atoms with van der Waals surface area (Å²) in [6.07, 6.45) is 0.883. The van der Waals surface area contributed by atoms with Crippen LogP contribution in [0.1, 0.15) is 24.5 Å². The van der Waals surface area contributed by atoms with Gasteiger partial charge in [-0.25, -0.2) is 0 Å². The van der Waals surface area contributed by atoms with E-state index in [0.29, 0.717) is 12.6 Å². The molecule has 0 spiro atoms. The highest BCUT2D eigenvalue weighted by atomic mass is 16.5. The molecule has 1 N–H and O–H groups in total. The van der Waals surface area contributed by atoms with Crippen molar-refractivity contribution in [3.05, 3.63) is 29.3 Å². The second-order valence-corrected chi connectivity index (χ2v) is 4.69. The van der Waals surface area contributed by atoms with Gasteiger partial charge in [0.25, 0.3) is 0 Å².